The van der Waals surface area contributed by atoms with Gasteiger partial charge in [-0.2, -0.15) is 18.2 Å². The van der Waals surface area contributed by atoms with E-state index in [1.807, 2.05) is 0 Å². The van der Waals surface area contributed by atoms with Gasteiger partial charge in [-0.1, -0.05) is 19.1 Å². The lowest BCUT2D eigenvalue weighted by Gasteiger charge is -2.33. The molecule has 10 heteroatoms. The Kier molecular flexibility index (Phi) is 6.74. The highest BCUT2D eigenvalue weighted by atomic mass is 19.4. The summed E-state index contributed by atoms with van der Waals surface area (Å²) < 4.78 is 59.1. The van der Waals surface area contributed by atoms with Crippen molar-refractivity contribution in [3.63, 3.8) is 0 Å². The zero-order valence-corrected chi connectivity index (χ0v) is 20.3. The second-order valence-electron chi connectivity index (χ2n) is 9.51. The smallest absolute Gasteiger partial charge is 0.416 e. The number of piperidine rings is 1. The Morgan fingerprint density at radius 1 is 1.00 bits per heavy atom. The molecule has 0 unspecified atom stereocenters. The lowest BCUT2D eigenvalue weighted by molar-refractivity contribution is -0.137. The molecule has 1 amide bonds. The van der Waals surface area contributed by atoms with Crippen molar-refractivity contribution in [3.05, 3.63) is 76.7 Å². The summed E-state index contributed by atoms with van der Waals surface area (Å²) in [5, 5.41) is 0. The van der Waals surface area contributed by atoms with Gasteiger partial charge in [-0.3, -0.25) is 4.79 Å². The lowest BCUT2D eigenvalue weighted by atomic mass is 9.99. The first-order valence-electron chi connectivity index (χ1n) is 12.2. The standard InChI is InChI=1S/C27H26F4N4O2/c1-17-10-13-34(14-11-17)26-32-22-12-15-35(25(36)18-6-8-19(9-7-18)27(29,30)31)16-20(22)24(33-26)37-23-5-3-2-4-21(23)28/h2-9,17H,10-16H2,1H3. The number of para-hydroxylation sites is 1. The third-order valence-corrected chi connectivity index (χ3v) is 6.87. The molecule has 3 aromatic rings. The Morgan fingerprint density at radius 3 is 2.38 bits per heavy atom. The highest BCUT2D eigenvalue weighted by Gasteiger charge is 2.32. The highest BCUT2D eigenvalue weighted by Crippen LogP contribution is 2.34. The van der Waals surface area contributed by atoms with Crippen molar-refractivity contribution in [2.45, 2.75) is 38.9 Å². The predicted octanol–water partition coefficient (Wildman–Crippen LogP) is 5.86. The van der Waals surface area contributed by atoms with E-state index in [1.54, 1.807) is 12.1 Å². The molecule has 2 aliphatic heterocycles. The lowest BCUT2D eigenvalue weighted by Crippen LogP contribution is -2.38. The van der Waals surface area contributed by atoms with Crippen molar-refractivity contribution in [1.29, 1.82) is 0 Å². The van der Waals surface area contributed by atoms with Gasteiger partial charge in [0.25, 0.3) is 5.91 Å². The van der Waals surface area contributed by atoms with Gasteiger partial charge in [0.2, 0.25) is 11.8 Å². The van der Waals surface area contributed by atoms with Crippen molar-refractivity contribution >= 4 is 11.9 Å². The number of benzene rings is 2. The summed E-state index contributed by atoms with van der Waals surface area (Å²) in [6.45, 7) is 4.24. The number of hydrogen-bond acceptors (Lipinski definition) is 5. The zero-order chi connectivity index (χ0) is 26.2. The highest BCUT2D eigenvalue weighted by molar-refractivity contribution is 5.94. The third-order valence-electron chi connectivity index (χ3n) is 6.87. The maximum absolute atomic E-state index is 14.4. The second kappa shape index (κ2) is 9.99. The summed E-state index contributed by atoms with van der Waals surface area (Å²) in [5.74, 6) is 0.357. The molecule has 0 radical (unpaired) electrons. The van der Waals surface area contributed by atoms with Crippen molar-refractivity contribution in [1.82, 2.24) is 14.9 Å². The van der Waals surface area contributed by atoms with Crippen LogP contribution in [0, 0.1) is 11.7 Å². The number of hydrogen-bond donors (Lipinski definition) is 0. The number of carbonyl (C=O) groups excluding carboxylic acids is 1. The molecule has 37 heavy (non-hydrogen) atoms. The van der Waals surface area contributed by atoms with E-state index in [2.05, 4.69) is 16.8 Å². The van der Waals surface area contributed by atoms with E-state index in [9.17, 15) is 22.4 Å². The van der Waals surface area contributed by atoms with E-state index in [0.29, 0.717) is 36.1 Å². The number of anilines is 1. The Bertz CT molecular complexity index is 1290. The van der Waals surface area contributed by atoms with Gasteiger partial charge in [0, 0.05) is 31.6 Å². The van der Waals surface area contributed by atoms with Crippen LogP contribution in [0.15, 0.2) is 48.5 Å². The molecular formula is C27H26F4N4O2. The molecular weight excluding hydrogens is 488 g/mol. The Balaban J connectivity index is 1.45. The maximum Gasteiger partial charge on any atom is 0.416 e. The number of rotatable bonds is 4. The van der Waals surface area contributed by atoms with E-state index in [0.717, 1.165) is 38.1 Å². The van der Waals surface area contributed by atoms with Crippen LogP contribution in [0.1, 0.15) is 46.9 Å². The van der Waals surface area contributed by atoms with Crippen LogP contribution in [0.3, 0.4) is 0 Å². The summed E-state index contributed by atoms with van der Waals surface area (Å²) in [6, 6.07) is 10.1. The van der Waals surface area contributed by atoms with Crippen LogP contribution in [0.4, 0.5) is 23.5 Å². The van der Waals surface area contributed by atoms with E-state index >= 15 is 0 Å². The van der Waals surface area contributed by atoms with Crippen molar-refractivity contribution in [2.75, 3.05) is 24.5 Å². The number of ether oxygens (including phenoxy) is 1. The van der Waals surface area contributed by atoms with E-state index < -0.39 is 23.5 Å². The van der Waals surface area contributed by atoms with Gasteiger partial charge in [-0.05, 0) is 55.2 Å². The molecule has 0 bridgehead atoms. The van der Waals surface area contributed by atoms with E-state index in [4.69, 9.17) is 9.72 Å². The molecule has 3 heterocycles. The predicted molar refractivity (Wildman–Crippen MR) is 129 cm³/mol. The van der Waals surface area contributed by atoms with E-state index in [-0.39, 0.29) is 23.7 Å². The topological polar surface area (TPSA) is 58.6 Å². The number of carbonyl (C=O) groups is 1. The van der Waals surface area contributed by atoms with Crippen LogP contribution >= 0.6 is 0 Å². The molecule has 0 atom stereocenters. The third kappa shape index (κ3) is 5.38. The molecule has 0 aliphatic carbocycles. The second-order valence-corrected chi connectivity index (χ2v) is 9.51. The van der Waals surface area contributed by atoms with Crippen molar-refractivity contribution < 1.29 is 27.1 Å². The van der Waals surface area contributed by atoms with Crippen molar-refractivity contribution in [2.24, 2.45) is 5.92 Å². The molecule has 1 fully saturated rings. The quantitative estimate of drug-likeness (QED) is 0.408. The number of aromatic nitrogens is 2. The first-order valence-corrected chi connectivity index (χ1v) is 12.2. The summed E-state index contributed by atoms with van der Waals surface area (Å²) in [4.78, 5) is 26.2. The summed E-state index contributed by atoms with van der Waals surface area (Å²) in [6.07, 6.45) is -2.04. The minimum atomic E-state index is -4.48. The van der Waals surface area contributed by atoms with Gasteiger partial charge in [-0.25, -0.2) is 9.37 Å². The average molecular weight is 515 g/mol. The Labute approximate surface area is 211 Å². The van der Waals surface area contributed by atoms with Gasteiger partial charge in [0.05, 0.1) is 23.4 Å². The largest absolute Gasteiger partial charge is 0.435 e. The van der Waals surface area contributed by atoms with Crippen molar-refractivity contribution in [3.8, 4) is 11.6 Å². The first-order chi connectivity index (χ1) is 17.7. The Hall–Kier alpha value is -3.69. The van der Waals surface area contributed by atoms with Gasteiger partial charge in [-0.15, -0.1) is 0 Å². The minimum absolute atomic E-state index is 0.00723. The fourth-order valence-corrected chi connectivity index (χ4v) is 4.60. The van der Waals surface area contributed by atoms with Crippen LogP contribution in [-0.4, -0.2) is 40.4 Å². The summed E-state index contributed by atoms with van der Waals surface area (Å²) >= 11 is 0. The summed E-state index contributed by atoms with van der Waals surface area (Å²) in [7, 11) is 0. The van der Waals surface area contributed by atoms with E-state index in [1.165, 1.54) is 29.2 Å². The van der Waals surface area contributed by atoms with Gasteiger partial charge >= 0.3 is 6.18 Å². The normalized spacial score (nSPS) is 16.5. The molecule has 0 N–H and O–H groups in total. The molecule has 0 spiro atoms. The van der Waals surface area contributed by atoms with Crippen LogP contribution in [0.5, 0.6) is 11.6 Å². The molecule has 1 aromatic heterocycles. The van der Waals surface area contributed by atoms with Crippen LogP contribution in [-0.2, 0) is 19.1 Å². The van der Waals surface area contributed by atoms with Gasteiger partial charge in [0.1, 0.15) is 0 Å². The molecule has 0 saturated carbocycles. The zero-order valence-electron chi connectivity index (χ0n) is 20.3. The molecule has 194 valence electrons. The number of amides is 1. The number of alkyl halides is 3. The number of nitrogens with zero attached hydrogens (tertiary/aromatic N) is 4. The van der Waals surface area contributed by atoms with Crippen LogP contribution < -0.4 is 9.64 Å². The van der Waals surface area contributed by atoms with Crippen LogP contribution in [0.25, 0.3) is 0 Å². The van der Waals surface area contributed by atoms with Crippen LogP contribution in [0.2, 0.25) is 0 Å². The molecule has 2 aliphatic rings. The monoisotopic (exact) mass is 514 g/mol. The molecule has 1 saturated heterocycles. The molecule has 5 rings (SSSR count). The fourth-order valence-electron chi connectivity index (χ4n) is 4.60. The molecule has 6 nitrogen and oxygen atoms in total. The fraction of sp³-hybridized carbons (Fsp3) is 0.370. The maximum atomic E-state index is 14.4. The Morgan fingerprint density at radius 2 is 1.70 bits per heavy atom. The number of halogens is 4. The van der Waals surface area contributed by atoms with Gasteiger partial charge in [0.15, 0.2) is 11.6 Å². The average Bonchev–Trinajstić information content (AvgIpc) is 2.89. The summed E-state index contributed by atoms with van der Waals surface area (Å²) in [5.41, 5.74) is 0.602. The number of fused-ring (bicyclic) bond motifs is 1. The first kappa shape index (κ1) is 25.0. The minimum Gasteiger partial charge on any atom is -0.435 e. The molecule has 2 aromatic carbocycles. The van der Waals surface area contributed by atoms with Gasteiger partial charge < -0.3 is 14.5 Å². The SMILES string of the molecule is CC1CCN(c2nc3c(c(Oc4ccccc4F)n2)CN(C(=O)c2ccc(C(F)(F)F)cc2)CC3)CC1.